The van der Waals surface area contributed by atoms with Gasteiger partial charge in [0.15, 0.2) is 0 Å². The molecule has 0 aromatic carbocycles. The lowest BCUT2D eigenvalue weighted by molar-refractivity contribution is 0.268. The minimum absolute atomic E-state index is 0.251. The summed E-state index contributed by atoms with van der Waals surface area (Å²) >= 11 is 0. The van der Waals surface area contributed by atoms with Crippen molar-refractivity contribution >= 4 is 0 Å². The summed E-state index contributed by atoms with van der Waals surface area (Å²) in [5.74, 6) is 0. The molecule has 0 aromatic rings. The van der Waals surface area contributed by atoms with Crippen molar-refractivity contribution in [2.75, 3.05) is 0 Å². The van der Waals surface area contributed by atoms with E-state index in [-0.39, 0.29) is 12.8 Å². The summed E-state index contributed by atoms with van der Waals surface area (Å²) in [4.78, 5) is 0. The van der Waals surface area contributed by atoms with Crippen LogP contribution in [0.2, 0.25) is 0 Å². The van der Waals surface area contributed by atoms with Gasteiger partial charge in [-0.2, -0.15) is 0 Å². The maximum absolute atomic E-state index is 12.1. The van der Waals surface area contributed by atoms with Crippen LogP contribution in [-0.2, 0) is 0 Å². The highest BCUT2D eigenvalue weighted by Gasteiger charge is 2.19. The van der Waals surface area contributed by atoms with Gasteiger partial charge >= 0.3 is 0 Å². The minimum Gasteiger partial charge on any atom is -0.247 e. The Morgan fingerprint density at radius 3 is 1.62 bits per heavy atom. The molecule has 2 heteroatoms. The molecular formula is C6H8F2. The average Bonchev–Trinajstić information content (AvgIpc) is 1.77. The summed E-state index contributed by atoms with van der Waals surface area (Å²) in [5, 5.41) is 0. The lowest BCUT2D eigenvalue weighted by atomic mass is 9.97. The molecule has 0 amide bonds. The predicted octanol–water partition coefficient (Wildman–Crippen LogP) is 1.86. The van der Waals surface area contributed by atoms with Crippen LogP contribution in [0.1, 0.15) is 12.8 Å². The number of hydrogen-bond donors (Lipinski definition) is 0. The van der Waals surface area contributed by atoms with E-state index in [1.807, 2.05) is 0 Å². The molecule has 0 aromatic heterocycles. The van der Waals surface area contributed by atoms with Crippen LogP contribution in [0.5, 0.6) is 0 Å². The quantitative estimate of drug-likeness (QED) is 0.455. The van der Waals surface area contributed by atoms with E-state index in [1.165, 1.54) is 12.8 Å². The van der Waals surface area contributed by atoms with E-state index in [1.54, 1.807) is 0 Å². The van der Waals surface area contributed by atoms with Crippen molar-refractivity contribution < 1.29 is 8.78 Å². The summed E-state index contributed by atoms with van der Waals surface area (Å²) in [6.07, 6.45) is 1.46. The van der Waals surface area contributed by atoms with E-state index in [4.69, 9.17) is 0 Å². The van der Waals surface area contributed by atoms with E-state index in [9.17, 15) is 8.78 Å². The van der Waals surface area contributed by atoms with Crippen molar-refractivity contribution in [2.24, 2.45) is 0 Å². The van der Waals surface area contributed by atoms with Crippen molar-refractivity contribution in [1.29, 1.82) is 0 Å². The van der Waals surface area contributed by atoms with Gasteiger partial charge in [-0.15, -0.1) is 0 Å². The third-order valence-electron chi connectivity index (χ3n) is 1.23. The lowest BCUT2D eigenvalue weighted by Crippen LogP contribution is -2.16. The summed E-state index contributed by atoms with van der Waals surface area (Å²) in [5.41, 5.74) is 0. The zero-order valence-corrected chi connectivity index (χ0v) is 4.48. The Morgan fingerprint density at radius 2 is 1.38 bits per heavy atom. The number of hydrogen-bond acceptors (Lipinski definition) is 0. The second-order valence-electron chi connectivity index (χ2n) is 1.97. The Kier molecular flexibility index (Phi) is 1.81. The van der Waals surface area contributed by atoms with E-state index < -0.39 is 12.3 Å². The van der Waals surface area contributed by atoms with Gasteiger partial charge in [0.1, 0.15) is 12.3 Å². The molecule has 1 saturated carbocycles. The molecule has 0 aliphatic heterocycles. The molecule has 2 unspecified atom stereocenters. The van der Waals surface area contributed by atoms with E-state index in [0.717, 1.165) is 0 Å². The van der Waals surface area contributed by atoms with Crippen molar-refractivity contribution in [1.82, 2.24) is 0 Å². The molecule has 8 heavy (non-hydrogen) atoms. The van der Waals surface area contributed by atoms with Crippen molar-refractivity contribution in [3.8, 4) is 0 Å². The topological polar surface area (TPSA) is 0 Å². The molecule has 2 atom stereocenters. The molecule has 1 aliphatic carbocycles. The summed E-state index contributed by atoms with van der Waals surface area (Å²) in [7, 11) is 0. The van der Waals surface area contributed by atoms with Crippen LogP contribution >= 0.6 is 0 Å². The van der Waals surface area contributed by atoms with E-state index >= 15 is 0 Å². The van der Waals surface area contributed by atoms with Crippen LogP contribution < -0.4 is 0 Å². The molecule has 2 radical (unpaired) electrons. The van der Waals surface area contributed by atoms with Crippen molar-refractivity contribution in [3.63, 3.8) is 0 Å². The maximum atomic E-state index is 12.1. The smallest absolute Gasteiger partial charge is 0.104 e. The number of alkyl halides is 2. The first-order valence-corrected chi connectivity index (χ1v) is 2.74. The Hall–Kier alpha value is -0.140. The predicted molar refractivity (Wildman–Crippen MR) is 27.6 cm³/mol. The Balaban J connectivity index is 2.19. The summed E-state index contributed by atoms with van der Waals surface area (Å²) in [6, 6.07) is 0. The van der Waals surface area contributed by atoms with Gasteiger partial charge in [0.05, 0.1) is 0 Å². The summed E-state index contributed by atoms with van der Waals surface area (Å²) < 4.78 is 24.2. The van der Waals surface area contributed by atoms with Gasteiger partial charge in [-0.1, -0.05) is 0 Å². The fourth-order valence-electron chi connectivity index (χ4n) is 0.748. The first-order valence-electron chi connectivity index (χ1n) is 2.74. The van der Waals surface area contributed by atoms with Gasteiger partial charge in [0.25, 0.3) is 0 Å². The Bertz CT molecular complexity index is 54.9. The highest BCUT2D eigenvalue weighted by molar-refractivity contribution is 4.95. The summed E-state index contributed by atoms with van der Waals surface area (Å²) in [6.45, 7) is 0. The molecule has 1 rings (SSSR count). The standard InChI is InChI=1S/C6H8F2/c7-5-1-2-6(8)4-3-5/h1,4-6H,2-3H2. The van der Waals surface area contributed by atoms with Crippen molar-refractivity contribution in [3.05, 3.63) is 12.8 Å². The molecule has 0 nitrogen and oxygen atoms in total. The largest absolute Gasteiger partial charge is 0.247 e. The van der Waals surface area contributed by atoms with Crippen LogP contribution in [-0.4, -0.2) is 12.3 Å². The minimum atomic E-state index is -0.901. The first-order chi connectivity index (χ1) is 3.79. The van der Waals surface area contributed by atoms with Gasteiger partial charge < -0.3 is 0 Å². The van der Waals surface area contributed by atoms with Gasteiger partial charge in [-0.3, -0.25) is 0 Å². The second kappa shape index (κ2) is 2.42. The number of halogens is 2. The van der Waals surface area contributed by atoms with Crippen LogP contribution in [0, 0.1) is 12.8 Å². The zero-order valence-electron chi connectivity index (χ0n) is 4.48. The molecule has 1 fully saturated rings. The second-order valence-corrected chi connectivity index (χ2v) is 1.97. The molecule has 0 heterocycles. The first kappa shape index (κ1) is 5.99. The lowest BCUT2D eigenvalue weighted by Gasteiger charge is -2.16. The molecule has 1 aliphatic rings. The van der Waals surface area contributed by atoms with Gasteiger partial charge in [-0.05, 0) is 25.7 Å². The Labute approximate surface area is 47.9 Å². The SMILES string of the molecule is FC1[CH]CC(F)[CH]C1. The highest BCUT2D eigenvalue weighted by atomic mass is 19.1. The molecule has 0 spiro atoms. The zero-order chi connectivity index (χ0) is 5.98. The van der Waals surface area contributed by atoms with Crippen molar-refractivity contribution in [2.45, 2.75) is 25.2 Å². The molecule has 0 saturated heterocycles. The Morgan fingerprint density at radius 1 is 1.00 bits per heavy atom. The number of rotatable bonds is 0. The third kappa shape index (κ3) is 1.42. The van der Waals surface area contributed by atoms with Crippen LogP contribution in [0.4, 0.5) is 8.78 Å². The molecule has 0 N–H and O–H groups in total. The average molecular weight is 118 g/mol. The molecule has 46 valence electrons. The van der Waals surface area contributed by atoms with Crippen LogP contribution in [0.3, 0.4) is 0 Å². The van der Waals surface area contributed by atoms with E-state index in [0.29, 0.717) is 0 Å². The highest BCUT2D eigenvalue weighted by Crippen LogP contribution is 2.20. The van der Waals surface area contributed by atoms with Crippen LogP contribution in [0.15, 0.2) is 0 Å². The fourth-order valence-corrected chi connectivity index (χ4v) is 0.748. The van der Waals surface area contributed by atoms with Gasteiger partial charge in [0, 0.05) is 0 Å². The van der Waals surface area contributed by atoms with Gasteiger partial charge in [0.2, 0.25) is 0 Å². The fraction of sp³-hybridized carbons (Fsp3) is 0.667. The normalized spacial score (nSPS) is 39.8. The maximum Gasteiger partial charge on any atom is 0.104 e. The van der Waals surface area contributed by atoms with Gasteiger partial charge in [-0.25, -0.2) is 8.78 Å². The third-order valence-corrected chi connectivity index (χ3v) is 1.23. The molecule has 0 bridgehead atoms. The monoisotopic (exact) mass is 118 g/mol. The molecular weight excluding hydrogens is 110 g/mol. The van der Waals surface area contributed by atoms with Crippen LogP contribution in [0.25, 0.3) is 0 Å². The van der Waals surface area contributed by atoms with E-state index in [2.05, 4.69) is 0 Å².